The SMILES string of the molecule is C1C[C@H]2O[C@H]12. The predicted molar refractivity (Wildman–Crippen MR) is 17.9 cm³/mol. The molecule has 0 bridgehead atoms. The lowest BCUT2D eigenvalue weighted by Gasteiger charge is -1.97. The maximum absolute atomic E-state index is 5.03. The molecule has 1 nitrogen and oxygen atoms in total. The minimum absolute atomic E-state index is 0.731. The van der Waals surface area contributed by atoms with Gasteiger partial charge in [-0.15, -0.1) is 0 Å². The topological polar surface area (TPSA) is 12.5 Å². The third kappa shape index (κ3) is 0.127. The van der Waals surface area contributed by atoms with Crippen LogP contribution in [0.25, 0.3) is 0 Å². The second-order valence-electron chi connectivity index (χ2n) is 1.79. The summed E-state index contributed by atoms with van der Waals surface area (Å²) in [6, 6.07) is 0. The molecule has 0 aromatic rings. The summed E-state index contributed by atoms with van der Waals surface area (Å²) in [6.45, 7) is 0. The molecular formula is C4H6O. The summed E-state index contributed by atoms with van der Waals surface area (Å²) in [5.41, 5.74) is 0. The van der Waals surface area contributed by atoms with Crippen LogP contribution in [0.2, 0.25) is 0 Å². The second-order valence-corrected chi connectivity index (χ2v) is 1.79. The van der Waals surface area contributed by atoms with Gasteiger partial charge in [0.1, 0.15) is 0 Å². The summed E-state index contributed by atoms with van der Waals surface area (Å²) < 4.78 is 5.03. The van der Waals surface area contributed by atoms with Crippen LogP contribution >= 0.6 is 0 Å². The van der Waals surface area contributed by atoms with E-state index in [9.17, 15) is 0 Å². The Labute approximate surface area is 30.9 Å². The van der Waals surface area contributed by atoms with Crippen LogP contribution in [0.15, 0.2) is 0 Å². The maximum Gasteiger partial charge on any atom is 0.0842 e. The minimum atomic E-state index is 0.731. The van der Waals surface area contributed by atoms with Crippen LogP contribution in [-0.2, 0) is 4.74 Å². The average Bonchev–Trinajstić information content (AvgIpc) is 1.74. The lowest BCUT2D eigenvalue weighted by atomic mass is 10.0. The molecule has 2 fully saturated rings. The van der Waals surface area contributed by atoms with Crippen molar-refractivity contribution in [1.82, 2.24) is 0 Å². The van der Waals surface area contributed by atoms with Gasteiger partial charge in [-0.05, 0) is 12.8 Å². The molecule has 1 saturated heterocycles. The van der Waals surface area contributed by atoms with E-state index in [-0.39, 0.29) is 0 Å². The van der Waals surface area contributed by atoms with Gasteiger partial charge in [0.25, 0.3) is 0 Å². The normalized spacial score (nSPS) is 57.6. The molecule has 0 aromatic heterocycles. The standard InChI is InChI=1S/C4H6O/c1-2-4-3(1)5-4/h3-4H,1-2H2/t3-,4-/m1/s1. The van der Waals surface area contributed by atoms with E-state index in [1.165, 1.54) is 12.8 Å². The molecule has 0 amide bonds. The number of rotatable bonds is 0. The summed E-state index contributed by atoms with van der Waals surface area (Å²) in [6.07, 6.45) is 4.14. The third-order valence-corrected chi connectivity index (χ3v) is 1.42. The molecule has 0 aromatic carbocycles. The van der Waals surface area contributed by atoms with Crippen LogP contribution in [0.4, 0.5) is 0 Å². The molecule has 2 aliphatic rings. The fourth-order valence-corrected chi connectivity index (χ4v) is 0.754. The molecule has 1 saturated carbocycles. The molecule has 1 aliphatic carbocycles. The van der Waals surface area contributed by atoms with Crippen molar-refractivity contribution in [3.8, 4) is 0 Å². The molecule has 2 atom stereocenters. The van der Waals surface area contributed by atoms with Crippen molar-refractivity contribution in [2.75, 3.05) is 0 Å². The van der Waals surface area contributed by atoms with Crippen molar-refractivity contribution in [2.45, 2.75) is 25.0 Å². The molecule has 2 rings (SSSR count). The summed E-state index contributed by atoms with van der Waals surface area (Å²) in [5.74, 6) is 0. The summed E-state index contributed by atoms with van der Waals surface area (Å²) in [4.78, 5) is 0. The van der Waals surface area contributed by atoms with Gasteiger partial charge in [-0.3, -0.25) is 0 Å². The fraction of sp³-hybridized carbons (Fsp3) is 1.00. The van der Waals surface area contributed by atoms with Crippen molar-refractivity contribution in [2.24, 2.45) is 0 Å². The molecule has 0 N–H and O–H groups in total. The Hall–Kier alpha value is -0.0400. The number of fused-ring (bicyclic) bond motifs is 1. The van der Waals surface area contributed by atoms with Crippen LogP contribution < -0.4 is 0 Å². The highest BCUT2D eigenvalue weighted by atomic mass is 16.6. The van der Waals surface area contributed by atoms with Crippen molar-refractivity contribution in [3.05, 3.63) is 0 Å². The zero-order valence-electron chi connectivity index (χ0n) is 2.98. The molecule has 0 spiro atoms. The molecular weight excluding hydrogens is 64.0 g/mol. The molecule has 0 unspecified atom stereocenters. The van der Waals surface area contributed by atoms with Gasteiger partial charge in [0.05, 0.1) is 12.2 Å². The molecule has 28 valence electrons. The van der Waals surface area contributed by atoms with Crippen molar-refractivity contribution >= 4 is 0 Å². The van der Waals surface area contributed by atoms with E-state index >= 15 is 0 Å². The van der Waals surface area contributed by atoms with Crippen molar-refractivity contribution in [3.63, 3.8) is 0 Å². The van der Waals surface area contributed by atoms with Crippen LogP contribution in [0.1, 0.15) is 12.8 Å². The van der Waals surface area contributed by atoms with Crippen molar-refractivity contribution < 1.29 is 4.74 Å². The van der Waals surface area contributed by atoms with Gasteiger partial charge >= 0.3 is 0 Å². The highest BCUT2D eigenvalue weighted by Gasteiger charge is 2.46. The quantitative estimate of drug-likeness (QED) is 0.379. The summed E-state index contributed by atoms with van der Waals surface area (Å²) in [5, 5.41) is 0. The highest BCUT2D eigenvalue weighted by Crippen LogP contribution is 2.40. The Morgan fingerprint density at radius 1 is 1.20 bits per heavy atom. The van der Waals surface area contributed by atoms with E-state index < -0.39 is 0 Å². The van der Waals surface area contributed by atoms with E-state index in [0.29, 0.717) is 0 Å². The Morgan fingerprint density at radius 2 is 1.80 bits per heavy atom. The van der Waals surface area contributed by atoms with Gasteiger partial charge in [0, 0.05) is 0 Å². The second kappa shape index (κ2) is 0.432. The molecule has 5 heavy (non-hydrogen) atoms. The summed E-state index contributed by atoms with van der Waals surface area (Å²) in [7, 11) is 0. The van der Waals surface area contributed by atoms with E-state index in [2.05, 4.69) is 0 Å². The van der Waals surface area contributed by atoms with Crippen LogP contribution in [0.3, 0.4) is 0 Å². The van der Waals surface area contributed by atoms with Crippen LogP contribution in [0.5, 0.6) is 0 Å². The number of hydrogen-bond acceptors (Lipinski definition) is 1. The van der Waals surface area contributed by atoms with Gasteiger partial charge < -0.3 is 4.74 Å². The van der Waals surface area contributed by atoms with Crippen LogP contribution in [0, 0.1) is 0 Å². The van der Waals surface area contributed by atoms with Gasteiger partial charge in [-0.25, -0.2) is 0 Å². The molecule has 1 heteroatoms. The van der Waals surface area contributed by atoms with E-state index in [1.807, 2.05) is 0 Å². The molecule has 0 radical (unpaired) electrons. The average molecular weight is 70.1 g/mol. The largest absolute Gasteiger partial charge is 0.370 e. The first-order valence-corrected chi connectivity index (χ1v) is 2.12. The van der Waals surface area contributed by atoms with Crippen LogP contribution in [-0.4, -0.2) is 12.2 Å². The van der Waals surface area contributed by atoms with Gasteiger partial charge in [0.15, 0.2) is 0 Å². The third-order valence-electron chi connectivity index (χ3n) is 1.42. The zero-order valence-corrected chi connectivity index (χ0v) is 2.98. The van der Waals surface area contributed by atoms with E-state index in [0.717, 1.165) is 12.2 Å². The van der Waals surface area contributed by atoms with Gasteiger partial charge in [-0.2, -0.15) is 0 Å². The Morgan fingerprint density at radius 3 is 1.80 bits per heavy atom. The smallest absolute Gasteiger partial charge is 0.0842 e. The Kier molecular flexibility index (Phi) is 0.189. The highest BCUT2D eigenvalue weighted by molar-refractivity contribution is 4.94. The van der Waals surface area contributed by atoms with Gasteiger partial charge in [-0.1, -0.05) is 0 Å². The van der Waals surface area contributed by atoms with Gasteiger partial charge in [0.2, 0.25) is 0 Å². The first kappa shape index (κ1) is 2.19. The van der Waals surface area contributed by atoms with Crippen molar-refractivity contribution in [1.29, 1.82) is 0 Å². The minimum Gasteiger partial charge on any atom is -0.370 e. The predicted octanol–water partition coefficient (Wildman–Crippen LogP) is 0.548. The maximum atomic E-state index is 5.03. The monoisotopic (exact) mass is 70.0 g/mol. The van der Waals surface area contributed by atoms with E-state index in [4.69, 9.17) is 4.74 Å². The molecule has 1 aliphatic heterocycles. The summed E-state index contributed by atoms with van der Waals surface area (Å²) >= 11 is 0. The number of ether oxygens (including phenoxy) is 1. The Balaban J connectivity index is 2.19. The first-order valence-electron chi connectivity index (χ1n) is 2.12. The Bertz CT molecular complexity index is 48.7. The zero-order chi connectivity index (χ0) is 3.28. The lowest BCUT2D eigenvalue weighted by Crippen LogP contribution is -2.04. The molecule has 1 heterocycles. The fourth-order valence-electron chi connectivity index (χ4n) is 0.754. The lowest BCUT2D eigenvalue weighted by molar-refractivity contribution is 0.417. The van der Waals surface area contributed by atoms with E-state index in [1.54, 1.807) is 0 Å². The number of hydrogen-bond donors (Lipinski definition) is 0. The number of epoxide rings is 1. The first-order chi connectivity index (χ1) is 2.47.